The van der Waals surface area contributed by atoms with Crippen LogP contribution < -0.4 is 4.90 Å². The number of aryl methyl sites for hydroxylation is 1. The molecule has 1 aromatic carbocycles. The fourth-order valence-electron chi connectivity index (χ4n) is 4.15. The number of nitrogens with zero attached hydrogens (tertiary/aromatic N) is 3. The summed E-state index contributed by atoms with van der Waals surface area (Å²) in [6, 6.07) is 10.6. The van der Waals surface area contributed by atoms with E-state index in [4.69, 9.17) is 0 Å². The van der Waals surface area contributed by atoms with E-state index < -0.39 is 0 Å². The normalized spacial score (nSPS) is 24.9. The van der Waals surface area contributed by atoms with Crippen molar-refractivity contribution in [3.8, 4) is 0 Å². The lowest BCUT2D eigenvalue weighted by molar-refractivity contribution is 0.134. The zero-order valence-corrected chi connectivity index (χ0v) is 15.2. The van der Waals surface area contributed by atoms with Gasteiger partial charge >= 0.3 is 0 Å². The molecule has 1 atom stereocenters. The molecule has 0 spiro atoms. The molecule has 3 nitrogen and oxygen atoms in total. The molecule has 0 radical (unpaired) electrons. The van der Waals surface area contributed by atoms with E-state index in [1.807, 2.05) is 0 Å². The van der Waals surface area contributed by atoms with Gasteiger partial charge in [0.25, 0.3) is 0 Å². The molecule has 1 unspecified atom stereocenters. The molecule has 0 amide bonds. The maximum Gasteiger partial charge on any atom is 0.0366 e. The van der Waals surface area contributed by atoms with Crippen LogP contribution in [0, 0.1) is 6.92 Å². The molecule has 128 valence electrons. The van der Waals surface area contributed by atoms with Crippen LogP contribution in [-0.4, -0.2) is 62.2 Å². The zero-order valence-electron chi connectivity index (χ0n) is 15.2. The van der Waals surface area contributed by atoms with Crippen LogP contribution in [0.3, 0.4) is 0 Å². The van der Waals surface area contributed by atoms with Gasteiger partial charge in [0.1, 0.15) is 0 Å². The number of hydrogen-bond donors (Lipinski definition) is 0. The summed E-state index contributed by atoms with van der Waals surface area (Å²) in [6.45, 7) is 7.14. The van der Waals surface area contributed by atoms with Gasteiger partial charge in [-0.05, 0) is 65.4 Å². The van der Waals surface area contributed by atoms with Crippen LogP contribution in [0.2, 0.25) is 0 Å². The molecule has 0 aromatic heterocycles. The van der Waals surface area contributed by atoms with Crippen molar-refractivity contribution in [1.29, 1.82) is 0 Å². The molecule has 0 aliphatic carbocycles. The average molecular weight is 316 g/mol. The van der Waals surface area contributed by atoms with Crippen LogP contribution >= 0.6 is 0 Å². The summed E-state index contributed by atoms with van der Waals surface area (Å²) in [4.78, 5) is 7.79. The Morgan fingerprint density at radius 2 is 1.61 bits per heavy atom. The SMILES string of the molecule is Cc1ccc(N2CCC(N3CCCCC(N(C)C)C3)CC2)cc1. The molecule has 3 heteroatoms. The molecular formula is C20H33N3. The van der Waals surface area contributed by atoms with E-state index in [0.29, 0.717) is 0 Å². The molecule has 0 bridgehead atoms. The lowest BCUT2D eigenvalue weighted by atomic mass is 10.0. The lowest BCUT2D eigenvalue weighted by Gasteiger charge is -2.40. The largest absolute Gasteiger partial charge is 0.371 e. The standard InChI is InChI=1S/C20H33N3/c1-17-7-9-18(10-8-17)22-14-11-19(12-15-22)23-13-5-4-6-20(16-23)21(2)3/h7-10,19-20H,4-6,11-16H2,1-3H3. The number of hydrogen-bond acceptors (Lipinski definition) is 3. The van der Waals surface area contributed by atoms with E-state index >= 15 is 0 Å². The van der Waals surface area contributed by atoms with E-state index in [0.717, 1.165) is 12.1 Å². The number of benzene rings is 1. The third-order valence-electron chi connectivity index (χ3n) is 5.79. The first kappa shape index (κ1) is 16.8. The lowest BCUT2D eigenvalue weighted by Crippen LogP contribution is -2.48. The summed E-state index contributed by atoms with van der Waals surface area (Å²) in [5.74, 6) is 0. The smallest absolute Gasteiger partial charge is 0.0366 e. The van der Waals surface area contributed by atoms with Crippen LogP contribution in [0.4, 0.5) is 5.69 Å². The number of likely N-dealkylation sites (N-methyl/N-ethyl adjacent to an activating group) is 1. The Labute approximate surface area is 142 Å². The Balaban J connectivity index is 1.56. The summed E-state index contributed by atoms with van der Waals surface area (Å²) in [6.07, 6.45) is 6.76. The Morgan fingerprint density at radius 1 is 0.913 bits per heavy atom. The van der Waals surface area contributed by atoms with E-state index in [9.17, 15) is 0 Å². The number of likely N-dealkylation sites (tertiary alicyclic amines) is 1. The molecule has 0 saturated carbocycles. The summed E-state index contributed by atoms with van der Waals surface area (Å²) in [5.41, 5.74) is 2.75. The summed E-state index contributed by atoms with van der Waals surface area (Å²) < 4.78 is 0. The third-order valence-corrected chi connectivity index (χ3v) is 5.79. The van der Waals surface area contributed by atoms with Gasteiger partial charge in [-0.15, -0.1) is 0 Å². The molecule has 2 heterocycles. The Morgan fingerprint density at radius 3 is 2.26 bits per heavy atom. The highest BCUT2D eigenvalue weighted by molar-refractivity contribution is 5.47. The monoisotopic (exact) mass is 315 g/mol. The highest BCUT2D eigenvalue weighted by atomic mass is 15.2. The van der Waals surface area contributed by atoms with Crippen LogP contribution in [0.25, 0.3) is 0 Å². The molecule has 2 fully saturated rings. The highest BCUT2D eigenvalue weighted by Crippen LogP contribution is 2.25. The minimum atomic E-state index is 0.743. The van der Waals surface area contributed by atoms with Crippen LogP contribution in [0.15, 0.2) is 24.3 Å². The third kappa shape index (κ3) is 4.27. The minimum absolute atomic E-state index is 0.743. The van der Waals surface area contributed by atoms with E-state index in [1.54, 1.807) is 0 Å². The first-order valence-electron chi connectivity index (χ1n) is 9.35. The maximum atomic E-state index is 2.80. The van der Waals surface area contributed by atoms with Crippen LogP contribution in [0.1, 0.15) is 37.7 Å². The first-order valence-corrected chi connectivity index (χ1v) is 9.35. The fourth-order valence-corrected chi connectivity index (χ4v) is 4.15. The van der Waals surface area contributed by atoms with Crippen molar-refractivity contribution in [3.05, 3.63) is 29.8 Å². The summed E-state index contributed by atoms with van der Waals surface area (Å²) >= 11 is 0. The molecule has 2 aliphatic heterocycles. The number of rotatable bonds is 3. The Hall–Kier alpha value is -1.06. The van der Waals surface area contributed by atoms with E-state index in [-0.39, 0.29) is 0 Å². The predicted octanol–water partition coefficient (Wildman–Crippen LogP) is 3.38. The predicted molar refractivity (Wildman–Crippen MR) is 99.3 cm³/mol. The Kier molecular flexibility index (Phi) is 5.60. The fraction of sp³-hybridized carbons (Fsp3) is 0.700. The van der Waals surface area contributed by atoms with Crippen LogP contribution in [0.5, 0.6) is 0 Å². The topological polar surface area (TPSA) is 9.72 Å². The second kappa shape index (κ2) is 7.67. The number of anilines is 1. The van der Waals surface area contributed by atoms with Gasteiger partial charge in [0, 0.05) is 37.4 Å². The zero-order chi connectivity index (χ0) is 16.2. The van der Waals surface area contributed by atoms with Crippen molar-refractivity contribution in [2.45, 2.75) is 51.1 Å². The first-order chi connectivity index (χ1) is 11.1. The quantitative estimate of drug-likeness (QED) is 0.846. The highest BCUT2D eigenvalue weighted by Gasteiger charge is 2.28. The molecular weight excluding hydrogens is 282 g/mol. The number of piperidine rings is 1. The van der Waals surface area contributed by atoms with Gasteiger partial charge in [0.2, 0.25) is 0 Å². The van der Waals surface area contributed by atoms with E-state index in [1.165, 1.54) is 69.5 Å². The van der Waals surface area contributed by atoms with Gasteiger partial charge in [-0.3, -0.25) is 4.90 Å². The van der Waals surface area contributed by atoms with Gasteiger partial charge in [0.15, 0.2) is 0 Å². The van der Waals surface area contributed by atoms with Crippen molar-refractivity contribution < 1.29 is 0 Å². The molecule has 23 heavy (non-hydrogen) atoms. The Bertz CT molecular complexity index is 474. The summed E-state index contributed by atoms with van der Waals surface area (Å²) in [5, 5.41) is 0. The van der Waals surface area contributed by atoms with Gasteiger partial charge in [-0.1, -0.05) is 24.1 Å². The second-order valence-electron chi connectivity index (χ2n) is 7.66. The van der Waals surface area contributed by atoms with E-state index in [2.05, 4.69) is 60.0 Å². The van der Waals surface area contributed by atoms with Crippen molar-refractivity contribution >= 4 is 5.69 Å². The van der Waals surface area contributed by atoms with Crippen molar-refractivity contribution in [1.82, 2.24) is 9.80 Å². The molecule has 2 aliphatic rings. The molecule has 2 saturated heterocycles. The van der Waals surface area contributed by atoms with Gasteiger partial charge in [-0.2, -0.15) is 0 Å². The van der Waals surface area contributed by atoms with Crippen LogP contribution in [-0.2, 0) is 0 Å². The van der Waals surface area contributed by atoms with Crippen molar-refractivity contribution in [2.75, 3.05) is 45.2 Å². The van der Waals surface area contributed by atoms with Gasteiger partial charge < -0.3 is 9.80 Å². The van der Waals surface area contributed by atoms with Crippen molar-refractivity contribution in [2.24, 2.45) is 0 Å². The second-order valence-corrected chi connectivity index (χ2v) is 7.66. The maximum absolute atomic E-state index is 2.80. The minimum Gasteiger partial charge on any atom is -0.371 e. The van der Waals surface area contributed by atoms with Gasteiger partial charge in [0.05, 0.1) is 0 Å². The average Bonchev–Trinajstić information content (AvgIpc) is 2.82. The van der Waals surface area contributed by atoms with Crippen molar-refractivity contribution in [3.63, 3.8) is 0 Å². The molecule has 3 rings (SSSR count). The summed E-state index contributed by atoms with van der Waals surface area (Å²) in [7, 11) is 4.49. The van der Waals surface area contributed by atoms with Gasteiger partial charge in [-0.25, -0.2) is 0 Å². The molecule has 0 N–H and O–H groups in total. The molecule has 1 aromatic rings.